The van der Waals surface area contributed by atoms with Gasteiger partial charge in [-0.25, -0.2) is 4.79 Å². The summed E-state index contributed by atoms with van der Waals surface area (Å²) in [6.07, 6.45) is 5.53. The molecule has 1 aromatic carbocycles. The number of hydrogen-bond acceptors (Lipinski definition) is 4. The minimum Gasteiger partial charge on any atom is -0.507 e. The van der Waals surface area contributed by atoms with Crippen molar-refractivity contribution in [3.63, 3.8) is 0 Å². The molecular weight excluding hydrogens is 304 g/mol. The molecule has 0 aromatic heterocycles. The smallest absolute Gasteiger partial charge is 0.338 e. The highest BCUT2D eigenvalue weighted by Crippen LogP contribution is 2.46. The van der Waals surface area contributed by atoms with Gasteiger partial charge in [0.05, 0.1) is 12.2 Å². The molecule has 0 amide bonds. The van der Waals surface area contributed by atoms with Crippen molar-refractivity contribution >= 4 is 5.97 Å². The van der Waals surface area contributed by atoms with E-state index in [-0.39, 0.29) is 24.0 Å². The van der Waals surface area contributed by atoms with Gasteiger partial charge in [0, 0.05) is 11.1 Å². The minimum absolute atomic E-state index is 0.0167. The SMILES string of the molecule is CC(C)(C)c1cc(C(=O)OCCO)cc(C2(C)CCCCC2)c1O. The first-order chi connectivity index (χ1) is 11.2. The van der Waals surface area contributed by atoms with Crippen molar-refractivity contribution in [3.05, 3.63) is 28.8 Å². The number of esters is 1. The van der Waals surface area contributed by atoms with Gasteiger partial charge in [-0.05, 0) is 35.8 Å². The number of phenols is 1. The molecule has 0 atom stereocenters. The summed E-state index contributed by atoms with van der Waals surface area (Å²) in [7, 11) is 0. The number of carbonyl (C=O) groups excluding carboxylic acids is 1. The molecule has 134 valence electrons. The van der Waals surface area contributed by atoms with Crippen LogP contribution in [0.5, 0.6) is 5.75 Å². The van der Waals surface area contributed by atoms with E-state index < -0.39 is 5.97 Å². The Morgan fingerprint density at radius 1 is 1.21 bits per heavy atom. The van der Waals surface area contributed by atoms with Gasteiger partial charge in [0.1, 0.15) is 12.4 Å². The Hall–Kier alpha value is -1.55. The summed E-state index contributed by atoms with van der Waals surface area (Å²) in [5.41, 5.74) is 1.67. The van der Waals surface area contributed by atoms with Crippen LogP contribution in [0.2, 0.25) is 0 Å². The molecule has 1 fully saturated rings. The third-order valence-electron chi connectivity index (χ3n) is 5.09. The Balaban J connectivity index is 2.54. The van der Waals surface area contributed by atoms with Crippen molar-refractivity contribution in [2.75, 3.05) is 13.2 Å². The zero-order chi connectivity index (χ0) is 18.0. The third-order valence-corrected chi connectivity index (χ3v) is 5.09. The van der Waals surface area contributed by atoms with Gasteiger partial charge in [0.15, 0.2) is 0 Å². The van der Waals surface area contributed by atoms with Gasteiger partial charge in [-0.15, -0.1) is 0 Å². The van der Waals surface area contributed by atoms with Gasteiger partial charge < -0.3 is 14.9 Å². The molecule has 0 aliphatic heterocycles. The molecule has 1 saturated carbocycles. The molecule has 0 heterocycles. The molecule has 1 aliphatic carbocycles. The van der Waals surface area contributed by atoms with Crippen LogP contribution in [-0.4, -0.2) is 29.4 Å². The number of phenolic OH excluding ortho intramolecular Hbond substituents is 1. The van der Waals surface area contributed by atoms with Crippen LogP contribution in [0, 0.1) is 0 Å². The molecule has 4 nitrogen and oxygen atoms in total. The van der Waals surface area contributed by atoms with E-state index in [0.29, 0.717) is 11.3 Å². The zero-order valence-corrected chi connectivity index (χ0v) is 15.3. The van der Waals surface area contributed by atoms with Crippen LogP contribution in [0.4, 0.5) is 0 Å². The van der Waals surface area contributed by atoms with E-state index in [4.69, 9.17) is 9.84 Å². The van der Waals surface area contributed by atoms with Crippen LogP contribution in [0.25, 0.3) is 0 Å². The summed E-state index contributed by atoms with van der Waals surface area (Å²) in [6, 6.07) is 3.51. The molecular formula is C20H30O4. The van der Waals surface area contributed by atoms with Gasteiger partial charge in [-0.3, -0.25) is 0 Å². The summed E-state index contributed by atoms with van der Waals surface area (Å²) >= 11 is 0. The topological polar surface area (TPSA) is 66.8 Å². The Kier molecular flexibility index (Phi) is 5.59. The van der Waals surface area contributed by atoms with Crippen molar-refractivity contribution in [2.45, 2.75) is 70.6 Å². The van der Waals surface area contributed by atoms with E-state index >= 15 is 0 Å². The lowest BCUT2D eigenvalue weighted by Crippen LogP contribution is -2.27. The average Bonchev–Trinajstić information content (AvgIpc) is 2.52. The standard InChI is InChI=1S/C20H30O4/c1-19(2,3)15-12-14(18(23)24-11-10-21)13-16(17(15)22)20(4)8-6-5-7-9-20/h12-13,21-22H,5-11H2,1-4H3. The van der Waals surface area contributed by atoms with E-state index in [1.807, 2.05) is 20.8 Å². The van der Waals surface area contributed by atoms with Crippen molar-refractivity contribution in [1.29, 1.82) is 0 Å². The van der Waals surface area contributed by atoms with Crippen molar-refractivity contribution in [3.8, 4) is 5.75 Å². The van der Waals surface area contributed by atoms with Crippen LogP contribution < -0.4 is 0 Å². The van der Waals surface area contributed by atoms with Crippen LogP contribution in [0.1, 0.15) is 81.3 Å². The molecule has 0 saturated heterocycles. The highest BCUT2D eigenvalue weighted by molar-refractivity contribution is 5.90. The molecule has 1 aromatic rings. The van der Waals surface area contributed by atoms with E-state index in [9.17, 15) is 9.90 Å². The molecule has 0 unspecified atom stereocenters. The lowest BCUT2D eigenvalue weighted by Gasteiger charge is -2.36. The first-order valence-corrected chi connectivity index (χ1v) is 8.85. The Morgan fingerprint density at radius 2 is 1.83 bits per heavy atom. The highest BCUT2D eigenvalue weighted by Gasteiger charge is 2.34. The number of aliphatic hydroxyl groups is 1. The second-order valence-electron chi connectivity index (χ2n) is 8.15. The summed E-state index contributed by atoms with van der Waals surface area (Å²) in [5, 5.41) is 19.8. The maximum Gasteiger partial charge on any atom is 0.338 e. The fourth-order valence-corrected chi connectivity index (χ4v) is 3.61. The van der Waals surface area contributed by atoms with E-state index in [1.165, 1.54) is 6.42 Å². The monoisotopic (exact) mass is 334 g/mol. The molecule has 1 aliphatic rings. The number of rotatable bonds is 4. The summed E-state index contributed by atoms with van der Waals surface area (Å²) < 4.78 is 5.09. The quantitative estimate of drug-likeness (QED) is 0.815. The van der Waals surface area contributed by atoms with Crippen LogP contribution >= 0.6 is 0 Å². The molecule has 0 radical (unpaired) electrons. The summed E-state index contributed by atoms with van der Waals surface area (Å²) in [6.45, 7) is 8.04. The molecule has 2 N–H and O–H groups in total. The number of hydrogen-bond donors (Lipinski definition) is 2. The number of aromatic hydroxyl groups is 1. The minimum atomic E-state index is -0.449. The van der Waals surface area contributed by atoms with Crippen LogP contribution in [-0.2, 0) is 15.6 Å². The van der Waals surface area contributed by atoms with Gasteiger partial charge in [0.25, 0.3) is 0 Å². The van der Waals surface area contributed by atoms with Gasteiger partial charge in [0.2, 0.25) is 0 Å². The normalized spacial score (nSPS) is 17.5. The van der Waals surface area contributed by atoms with E-state index in [0.717, 1.165) is 36.8 Å². The number of carbonyl (C=O) groups is 1. The number of aliphatic hydroxyl groups excluding tert-OH is 1. The second-order valence-corrected chi connectivity index (χ2v) is 8.15. The van der Waals surface area contributed by atoms with Crippen molar-refractivity contribution < 1.29 is 19.7 Å². The van der Waals surface area contributed by atoms with Crippen LogP contribution in [0.3, 0.4) is 0 Å². The molecule has 0 spiro atoms. The Bertz CT molecular complexity index is 592. The van der Waals surface area contributed by atoms with E-state index in [2.05, 4.69) is 6.92 Å². The molecule has 4 heteroatoms. The Morgan fingerprint density at radius 3 is 2.38 bits per heavy atom. The van der Waals surface area contributed by atoms with Crippen LogP contribution in [0.15, 0.2) is 12.1 Å². The molecule has 2 rings (SSSR count). The average molecular weight is 334 g/mol. The predicted molar refractivity (Wildman–Crippen MR) is 94.6 cm³/mol. The highest BCUT2D eigenvalue weighted by atomic mass is 16.5. The van der Waals surface area contributed by atoms with Crippen molar-refractivity contribution in [1.82, 2.24) is 0 Å². The van der Waals surface area contributed by atoms with Crippen molar-refractivity contribution in [2.24, 2.45) is 0 Å². The molecule has 24 heavy (non-hydrogen) atoms. The summed E-state index contributed by atoms with van der Waals surface area (Å²) in [5.74, 6) is -0.138. The third kappa shape index (κ3) is 3.92. The second kappa shape index (κ2) is 7.14. The van der Waals surface area contributed by atoms with E-state index in [1.54, 1.807) is 12.1 Å². The number of benzene rings is 1. The number of ether oxygens (including phenoxy) is 1. The first-order valence-electron chi connectivity index (χ1n) is 8.85. The van der Waals surface area contributed by atoms with Gasteiger partial charge in [-0.2, -0.15) is 0 Å². The maximum atomic E-state index is 12.3. The first kappa shape index (κ1) is 18.8. The predicted octanol–water partition coefficient (Wildman–Crippen LogP) is 4.06. The van der Waals surface area contributed by atoms with Gasteiger partial charge >= 0.3 is 5.97 Å². The van der Waals surface area contributed by atoms with Gasteiger partial charge in [-0.1, -0.05) is 47.0 Å². The summed E-state index contributed by atoms with van der Waals surface area (Å²) in [4.78, 5) is 12.3. The maximum absolute atomic E-state index is 12.3. The fraction of sp³-hybridized carbons (Fsp3) is 0.650. The molecule has 0 bridgehead atoms. The fourth-order valence-electron chi connectivity index (χ4n) is 3.61. The Labute approximate surface area is 144 Å². The lowest BCUT2D eigenvalue weighted by atomic mass is 9.69. The largest absolute Gasteiger partial charge is 0.507 e. The lowest BCUT2D eigenvalue weighted by molar-refractivity contribution is 0.0433. The zero-order valence-electron chi connectivity index (χ0n) is 15.3.